The second-order valence-electron chi connectivity index (χ2n) is 4.64. The standard InChI is InChI=1S/C17H18ClNO3/c1-2-11-21-13-7-9-14(10-8-13)22-12-17(20)19-16-6-4-3-5-15(16)18/h3-10H,2,11-12H2,1H3,(H,19,20). The molecule has 2 aromatic rings. The van der Waals surface area contributed by atoms with Gasteiger partial charge in [-0.05, 0) is 42.8 Å². The van der Waals surface area contributed by atoms with Gasteiger partial charge in [0.15, 0.2) is 6.61 Å². The largest absolute Gasteiger partial charge is 0.494 e. The summed E-state index contributed by atoms with van der Waals surface area (Å²) in [4.78, 5) is 11.8. The normalized spacial score (nSPS) is 10.1. The Morgan fingerprint density at radius 1 is 1.05 bits per heavy atom. The maximum atomic E-state index is 11.8. The molecule has 0 radical (unpaired) electrons. The number of amides is 1. The van der Waals surface area contributed by atoms with E-state index in [-0.39, 0.29) is 12.5 Å². The fourth-order valence-electron chi connectivity index (χ4n) is 1.75. The van der Waals surface area contributed by atoms with Crippen molar-refractivity contribution in [2.75, 3.05) is 18.5 Å². The maximum Gasteiger partial charge on any atom is 0.262 e. The Morgan fingerprint density at radius 2 is 1.68 bits per heavy atom. The van der Waals surface area contributed by atoms with Crippen molar-refractivity contribution in [3.05, 3.63) is 53.6 Å². The zero-order chi connectivity index (χ0) is 15.8. The van der Waals surface area contributed by atoms with Crippen LogP contribution in [0, 0.1) is 0 Å². The molecule has 2 rings (SSSR count). The van der Waals surface area contributed by atoms with Crippen LogP contribution in [0.2, 0.25) is 5.02 Å². The third-order valence-electron chi connectivity index (χ3n) is 2.81. The molecule has 2 aromatic carbocycles. The van der Waals surface area contributed by atoms with Crippen LogP contribution in [0.5, 0.6) is 11.5 Å². The zero-order valence-electron chi connectivity index (χ0n) is 12.3. The molecule has 5 heteroatoms. The van der Waals surface area contributed by atoms with Crippen molar-refractivity contribution in [2.24, 2.45) is 0 Å². The van der Waals surface area contributed by atoms with E-state index in [1.807, 2.05) is 12.1 Å². The lowest BCUT2D eigenvalue weighted by atomic mass is 10.3. The topological polar surface area (TPSA) is 47.6 Å². The zero-order valence-corrected chi connectivity index (χ0v) is 13.1. The lowest BCUT2D eigenvalue weighted by Gasteiger charge is -2.09. The second-order valence-corrected chi connectivity index (χ2v) is 5.04. The van der Waals surface area contributed by atoms with Crippen LogP contribution in [-0.2, 0) is 4.79 Å². The van der Waals surface area contributed by atoms with Crippen molar-refractivity contribution >= 4 is 23.2 Å². The summed E-state index contributed by atoms with van der Waals surface area (Å²) in [5.74, 6) is 1.13. The summed E-state index contributed by atoms with van der Waals surface area (Å²) >= 11 is 5.98. The van der Waals surface area contributed by atoms with E-state index in [1.165, 1.54) is 0 Å². The predicted molar refractivity (Wildman–Crippen MR) is 87.8 cm³/mol. The lowest BCUT2D eigenvalue weighted by Crippen LogP contribution is -2.20. The molecular weight excluding hydrogens is 302 g/mol. The van der Waals surface area contributed by atoms with Crippen LogP contribution in [-0.4, -0.2) is 19.1 Å². The SMILES string of the molecule is CCCOc1ccc(OCC(=O)Nc2ccccc2Cl)cc1. The van der Waals surface area contributed by atoms with E-state index in [0.717, 1.165) is 12.2 Å². The van der Waals surface area contributed by atoms with Crippen LogP contribution >= 0.6 is 11.6 Å². The molecule has 0 spiro atoms. The van der Waals surface area contributed by atoms with Gasteiger partial charge in [0.25, 0.3) is 5.91 Å². The molecule has 0 aromatic heterocycles. The Balaban J connectivity index is 1.82. The Morgan fingerprint density at radius 3 is 2.32 bits per heavy atom. The average molecular weight is 320 g/mol. The van der Waals surface area contributed by atoms with Crippen LogP contribution in [0.3, 0.4) is 0 Å². The summed E-state index contributed by atoms with van der Waals surface area (Å²) in [5, 5.41) is 3.19. The minimum atomic E-state index is -0.264. The molecule has 0 aliphatic heterocycles. The van der Waals surface area contributed by atoms with Gasteiger partial charge in [-0.3, -0.25) is 4.79 Å². The van der Waals surface area contributed by atoms with Crippen molar-refractivity contribution < 1.29 is 14.3 Å². The maximum absolute atomic E-state index is 11.8. The van der Waals surface area contributed by atoms with E-state index in [0.29, 0.717) is 23.1 Å². The molecule has 0 aliphatic carbocycles. The smallest absolute Gasteiger partial charge is 0.262 e. The molecule has 0 heterocycles. The van der Waals surface area contributed by atoms with E-state index in [9.17, 15) is 4.79 Å². The molecule has 0 unspecified atom stereocenters. The van der Waals surface area contributed by atoms with Gasteiger partial charge in [0, 0.05) is 0 Å². The third-order valence-corrected chi connectivity index (χ3v) is 3.14. The molecule has 0 bridgehead atoms. The van der Waals surface area contributed by atoms with Gasteiger partial charge < -0.3 is 14.8 Å². The van der Waals surface area contributed by atoms with Crippen LogP contribution in [0.4, 0.5) is 5.69 Å². The van der Waals surface area contributed by atoms with Gasteiger partial charge in [0.1, 0.15) is 11.5 Å². The number of para-hydroxylation sites is 1. The van der Waals surface area contributed by atoms with Crippen molar-refractivity contribution in [1.29, 1.82) is 0 Å². The average Bonchev–Trinajstić information content (AvgIpc) is 2.54. The number of carbonyl (C=O) groups is 1. The molecular formula is C17H18ClNO3. The number of halogens is 1. The number of carbonyl (C=O) groups excluding carboxylic acids is 1. The van der Waals surface area contributed by atoms with Crippen LogP contribution in [0.15, 0.2) is 48.5 Å². The highest BCUT2D eigenvalue weighted by molar-refractivity contribution is 6.33. The molecule has 1 amide bonds. The molecule has 0 fully saturated rings. The molecule has 0 aliphatic rings. The Hall–Kier alpha value is -2.20. The highest BCUT2D eigenvalue weighted by Gasteiger charge is 2.06. The summed E-state index contributed by atoms with van der Waals surface area (Å²) in [5.41, 5.74) is 0.570. The van der Waals surface area contributed by atoms with Crippen molar-refractivity contribution in [2.45, 2.75) is 13.3 Å². The predicted octanol–water partition coefficient (Wildman–Crippen LogP) is 4.15. The Labute approximate surface area is 135 Å². The van der Waals surface area contributed by atoms with Crippen molar-refractivity contribution in [1.82, 2.24) is 0 Å². The first-order valence-electron chi connectivity index (χ1n) is 7.09. The van der Waals surface area contributed by atoms with Gasteiger partial charge in [0.05, 0.1) is 17.3 Å². The second kappa shape index (κ2) is 8.29. The number of nitrogens with one attached hydrogen (secondary N) is 1. The van der Waals surface area contributed by atoms with E-state index in [2.05, 4.69) is 12.2 Å². The minimum absolute atomic E-state index is 0.0829. The summed E-state index contributed by atoms with van der Waals surface area (Å²) in [6, 6.07) is 14.2. The fourth-order valence-corrected chi connectivity index (χ4v) is 1.93. The van der Waals surface area contributed by atoms with Gasteiger partial charge >= 0.3 is 0 Å². The van der Waals surface area contributed by atoms with E-state index in [4.69, 9.17) is 21.1 Å². The van der Waals surface area contributed by atoms with Crippen LogP contribution in [0.1, 0.15) is 13.3 Å². The van der Waals surface area contributed by atoms with Crippen LogP contribution < -0.4 is 14.8 Å². The number of benzene rings is 2. The monoisotopic (exact) mass is 319 g/mol. The van der Waals surface area contributed by atoms with Gasteiger partial charge in [-0.25, -0.2) is 0 Å². The Bertz CT molecular complexity index is 614. The number of anilines is 1. The van der Waals surface area contributed by atoms with Gasteiger partial charge in [0.2, 0.25) is 0 Å². The highest BCUT2D eigenvalue weighted by Crippen LogP contribution is 2.21. The number of hydrogen-bond donors (Lipinski definition) is 1. The lowest BCUT2D eigenvalue weighted by molar-refractivity contribution is -0.118. The van der Waals surface area contributed by atoms with Gasteiger partial charge in [-0.2, -0.15) is 0 Å². The number of rotatable bonds is 7. The van der Waals surface area contributed by atoms with Gasteiger partial charge in [-0.1, -0.05) is 30.7 Å². The highest BCUT2D eigenvalue weighted by atomic mass is 35.5. The van der Waals surface area contributed by atoms with Gasteiger partial charge in [-0.15, -0.1) is 0 Å². The molecule has 116 valence electrons. The number of hydrogen-bond acceptors (Lipinski definition) is 3. The van der Waals surface area contributed by atoms with E-state index < -0.39 is 0 Å². The Kier molecular flexibility index (Phi) is 6.10. The third kappa shape index (κ3) is 4.97. The quantitative estimate of drug-likeness (QED) is 0.834. The van der Waals surface area contributed by atoms with Crippen molar-refractivity contribution in [3.63, 3.8) is 0 Å². The first-order valence-corrected chi connectivity index (χ1v) is 7.47. The molecule has 0 atom stereocenters. The molecule has 22 heavy (non-hydrogen) atoms. The summed E-state index contributed by atoms with van der Waals surface area (Å²) in [6.45, 7) is 2.65. The van der Waals surface area contributed by atoms with E-state index in [1.54, 1.807) is 36.4 Å². The molecule has 1 N–H and O–H groups in total. The molecule has 0 saturated carbocycles. The van der Waals surface area contributed by atoms with Crippen molar-refractivity contribution in [3.8, 4) is 11.5 Å². The fraction of sp³-hybridized carbons (Fsp3) is 0.235. The number of ether oxygens (including phenoxy) is 2. The van der Waals surface area contributed by atoms with Crippen LogP contribution in [0.25, 0.3) is 0 Å². The van der Waals surface area contributed by atoms with E-state index >= 15 is 0 Å². The molecule has 0 saturated heterocycles. The summed E-state index contributed by atoms with van der Waals surface area (Å²) in [6.07, 6.45) is 0.959. The minimum Gasteiger partial charge on any atom is -0.494 e. The first kappa shape index (κ1) is 16.2. The molecule has 4 nitrogen and oxygen atoms in total. The summed E-state index contributed by atoms with van der Waals surface area (Å²) in [7, 11) is 0. The first-order chi connectivity index (χ1) is 10.7. The summed E-state index contributed by atoms with van der Waals surface area (Å²) < 4.78 is 10.9.